The summed E-state index contributed by atoms with van der Waals surface area (Å²) in [6.07, 6.45) is 0. The number of hydrogen-bond donors (Lipinski definition) is 1. The first kappa shape index (κ1) is 23.4. The molecule has 3 rings (SSSR count). The van der Waals surface area contributed by atoms with Crippen molar-refractivity contribution in [1.82, 2.24) is 0 Å². The van der Waals surface area contributed by atoms with Crippen molar-refractivity contribution in [3.05, 3.63) is 86.9 Å². The third kappa shape index (κ3) is 5.52. The average Bonchev–Trinajstić information content (AvgIpc) is 2.71. The van der Waals surface area contributed by atoms with E-state index in [0.29, 0.717) is 10.0 Å². The standard InChI is InChI=1S/C22H19Cl3N2O3S/c1-14-3-8-18(9-4-14)31(29,30)27(17-7-5-15(2)20(25)12-17)13-22(28)26-21-11-16(23)6-10-19(21)24/h3-12H,13H2,1-2H3,(H,26,28). The summed E-state index contributed by atoms with van der Waals surface area (Å²) in [7, 11) is -4.05. The van der Waals surface area contributed by atoms with Crippen LogP contribution in [0, 0.1) is 13.8 Å². The number of benzene rings is 3. The lowest BCUT2D eigenvalue weighted by molar-refractivity contribution is -0.114. The predicted octanol–water partition coefficient (Wildman–Crippen LogP) is 6.10. The van der Waals surface area contributed by atoms with Crippen LogP contribution < -0.4 is 9.62 Å². The van der Waals surface area contributed by atoms with Crippen molar-refractivity contribution in [2.45, 2.75) is 18.7 Å². The third-order valence-corrected chi connectivity index (χ3v) is 7.30. The monoisotopic (exact) mass is 496 g/mol. The van der Waals surface area contributed by atoms with Gasteiger partial charge in [-0.15, -0.1) is 0 Å². The van der Waals surface area contributed by atoms with Crippen LogP contribution in [0.2, 0.25) is 15.1 Å². The van der Waals surface area contributed by atoms with Gasteiger partial charge in [-0.3, -0.25) is 9.10 Å². The molecular weight excluding hydrogens is 479 g/mol. The van der Waals surface area contributed by atoms with Crippen LogP contribution in [0.25, 0.3) is 0 Å². The van der Waals surface area contributed by atoms with Crippen LogP contribution >= 0.6 is 34.8 Å². The number of rotatable bonds is 6. The van der Waals surface area contributed by atoms with Crippen molar-refractivity contribution in [2.75, 3.05) is 16.2 Å². The summed E-state index contributed by atoms with van der Waals surface area (Å²) < 4.78 is 27.8. The molecule has 0 unspecified atom stereocenters. The van der Waals surface area contributed by atoms with Crippen molar-refractivity contribution in [1.29, 1.82) is 0 Å². The molecule has 0 aliphatic rings. The Labute approximate surface area is 196 Å². The highest BCUT2D eigenvalue weighted by Crippen LogP contribution is 2.29. The number of amides is 1. The van der Waals surface area contributed by atoms with Crippen LogP contribution in [-0.2, 0) is 14.8 Å². The number of hydrogen-bond acceptors (Lipinski definition) is 3. The lowest BCUT2D eigenvalue weighted by Gasteiger charge is -2.25. The second-order valence-corrected chi connectivity index (χ2v) is 10.0. The Morgan fingerprint density at radius 1 is 0.903 bits per heavy atom. The molecule has 0 radical (unpaired) electrons. The van der Waals surface area contributed by atoms with Gasteiger partial charge in [0, 0.05) is 10.0 Å². The van der Waals surface area contributed by atoms with Gasteiger partial charge >= 0.3 is 0 Å². The van der Waals surface area contributed by atoms with Crippen molar-refractivity contribution >= 4 is 62.1 Å². The van der Waals surface area contributed by atoms with Crippen molar-refractivity contribution in [2.24, 2.45) is 0 Å². The van der Waals surface area contributed by atoms with E-state index >= 15 is 0 Å². The van der Waals surface area contributed by atoms with E-state index < -0.39 is 22.5 Å². The normalized spacial score (nSPS) is 11.3. The van der Waals surface area contributed by atoms with Crippen molar-refractivity contribution in [3.8, 4) is 0 Å². The minimum absolute atomic E-state index is 0.0587. The Morgan fingerprint density at radius 3 is 2.23 bits per heavy atom. The highest BCUT2D eigenvalue weighted by molar-refractivity contribution is 7.92. The van der Waals surface area contributed by atoms with E-state index in [1.54, 1.807) is 43.3 Å². The maximum Gasteiger partial charge on any atom is 0.264 e. The molecule has 9 heteroatoms. The largest absolute Gasteiger partial charge is 0.323 e. The summed E-state index contributed by atoms with van der Waals surface area (Å²) in [4.78, 5) is 12.9. The first-order chi connectivity index (χ1) is 14.6. The fourth-order valence-electron chi connectivity index (χ4n) is 2.80. The number of aryl methyl sites for hydroxylation is 2. The summed E-state index contributed by atoms with van der Waals surface area (Å²) in [6, 6.07) is 15.8. The molecule has 1 amide bonds. The van der Waals surface area contributed by atoms with Gasteiger partial charge in [-0.1, -0.05) is 58.6 Å². The minimum atomic E-state index is -4.05. The Kier molecular flexibility index (Phi) is 7.17. The van der Waals surface area contributed by atoms with E-state index in [2.05, 4.69) is 5.32 Å². The number of nitrogens with zero attached hydrogens (tertiary/aromatic N) is 1. The second kappa shape index (κ2) is 9.49. The molecule has 5 nitrogen and oxygen atoms in total. The predicted molar refractivity (Wildman–Crippen MR) is 127 cm³/mol. The van der Waals surface area contributed by atoms with Crippen LogP contribution in [0.3, 0.4) is 0 Å². The summed E-state index contributed by atoms with van der Waals surface area (Å²) >= 11 is 18.3. The Balaban J connectivity index is 1.99. The molecule has 3 aromatic rings. The Morgan fingerprint density at radius 2 is 1.58 bits per heavy atom. The van der Waals surface area contributed by atoms with Crippen LogP contribution in [0.1, 0.15) is 11.1 Å². The second-order valence-electron chi connectivity index (χ2n) is 6.93. The molecule has 0 atom stereocenters. The van der Waals surface area contributed by atoms with Gasteiger partial charge in [0.2, 0.25) is 5.91 Å². The highest BCUT2D eigenvalue weighted by atomic mass is 35.5. The lowest BCUT2D eigenvalue weighted by atomic mass is 10.2. The maximum atomic E-state index is 13.4. The van der Waals surface area contributed by atoms with Gasteiger partial charge in [0.1, 0.15) is 6.54 Å². The van der Waals surface area contributed by atoms with Crippen LogP contribution in [0.15, 0.2) is 65.6 Å². The van der Waals surface area contributed by atoms with E-state index in [-0.39, 0.29) is 21.3 Å². The molecule has 0 saturated carbocycles. The Bertz CT molecular complexity index is 1230. The zero-order valence-electron chi connectivity index (χ0n) is 16.7. The molecule has 3 aromatic carbocycles. The van der Waals surface area contributed by atoms with Crippen LogP contribution in [0.4, 0.5) is 11.4 Å². The van der Waals surface area contributed by atoms with Gasteiger partial charge < -0.3 is 5.32 Å². The van der Waals surface area contributed by atoms with E-state index in [1.165, 1.54) is 24.3 Å². The van der Waals surface area contributed by atoms with Gasteiger partial charge in [-0.05, 0) is 61.9 Å². The van der Waals surface area contributed by atoms with Crippen LogP contribution in [-0.4, -0.2) is 20.9 Å². The summed E-state index contributed by atoms with van der Waals surface area (Å²) in [5, 5.41) is 3.67. The summed E-state index contributed by atoms with van der Waals surface area (Å²) in [5.74, 6) is -0.587. The smallest absolute Gasteiger partial charge is 0.264 e. The molecule has 162 valence electrons. The van der Waals surface area contributed by atoms with Crippen LogP contribution in [0.5, 0.6) is 0 Å². The fraction of sp³-hybridized carbons (Fsp3) is 0.136. The lowest BCUT2D eigenvalue weighted by Crippen LogP contribution is -2.38. The molecule has 0 bridgehead atoms. The molecule has 0 spiro atoms. The number of sulfonamides is 1. The number of halogens is 3. The topological polar surface area (TPSA) is 66.5 Å². The molecule has 31 heavy (non-hydrogen) atoms. The number of anilines is 2. The van der Waals surface area contributed by atoms with Gasteiger partial charge in [0.05, 0.1) is 21.3 Å². The molecular formula is C22H19Cl3N2O3S. The SMILES string of the molecule is Cc1ccc(S(=O)(=O)N(CC(=O)Nc2cc(Cl)ccc2Cl)c2ccc(C)c(Cl)c2)cc1. The summed E-state index contributed by atoms with van der Waals surface area (Å²) in [5.41, 5.74) is 2.25. The zero-order valence-corrected chi connectivity index (χ0v) is 19.8. The van der Waals surface area contributed by atoms with E-state index in [0.717, 1.165) is 15.4 Å². The Hall–Kier alpha value is -2.25. The zero-order chi connectivity index (χ0) is 22.8. The maximum absolute atomic E-state index is 13.4. The molecule has 0 aromatic heterocycles. The third-order valence-electron chi connectivity index (χ3n) is 4.54. The first-order valence-corrected chi connectivity index (χ1v) is 11.8. The van der Waals surface area contributed by atoms with E-state index in [4.69, 9.17) is 34.8 Å². The number of carbonyl (C=O) groups is 1. The van der Waals surface area contributed by atoms with Gasteiger partial charge in [-0.25, -0.2) is 8.42 Å². The minimum Gasteiger partial charge on any atom is -0.323 e. The molecule has 0 aliphatic carbocycles. The van der Waals surface area contributed by atoms with Gasteiger partial charge in [0.15, 0.2) is 0 Å². The number of nitrogens with one attached hydrogen (secondary N) is 1. The fourth-order valence-corrected chi connectivity index (χ4v) is 4.73. The molecule has 0 heterocycles. The van der Waals surface area contributed by atoms with Gasteiger partial charge in [0.25, 0.3) is 10.0 Å². The van der Waals surface area contributed by atoms with E-state index in [1.807, 2.05) is 6.92 Å². The molecule has 0 aliphatic heterocycles. The van der Waals surface area contributed by atoms with Gasteiger partial charge in [-0.2, -0.15) is 0 Å². The first-order valence-electron chi connectivity index (χ1n) is 9.18. The highest BCUT2D eigenvalue weighted by Gasteiger charge is 2.28. The average molecular weight is 498 g/mol. The quantitative estimate of drug-likeness (QED) is 0.447. The van der Waals surface area contributed by atoms with E-state index in [9.17, 15) is 13.2 Å². The van der Waals surface area contributed by atoms with Crippen molar-refractivity contribution < 1.29 is 13.2 Å². The molecule has 0 fully saturated rings. The molecule has 1 N–H and O–H groups in total. The summed E-state index contributed by atoms with van der Waals surface area (Å²) in [6.45, 7) is 3.17. The van der Waals surface area contributed by atoms with Crippen molar-refractivity contribution in [3.63, 3.8) is 0 Å². The number of carbonyl (C=O) groups excluding carboxylic acids is 1. The molecule has 0 saturated heterocycles.